The Morgan fingerprint density at radius 2 is 1.60 bits per heavy atom. The van der Waals surface area contributed by atoms with Crippen LogP contribution >= 0.6 is 0 Å². The second kappa shape index (κ2) is 4.70. The van der Waals surface area contributed by atoms with E-state index in [0.717, 1.165) is 30.7 Å². The molecule has 0 aliphatic rings. The Hall–Kier alpha value is -0.965. The summed E-state index contributed by atoms with van der Waals surface area (Å²) in [5.74, 6) is 0. The molecule has 0 atom stereocenters. The first-order valence-electron chi connectivity index (χ1n) is 4.83. The lowest BCUT2D eigenvalue weighted by Crippen LogP contribution is -2.33. The molecule has 5 heteroatoms. The standard InChI is InChI=1S/C10H14BF3N/c1-15(2)8-7-9-3-5-10(6-4-9)11(12,13)14/h3-6H,7-8H2,1-2H3/q-1. The Morgan fingerprint density at radius 3 is 2.00 bits per heavy atom. The third-order valence-corrected chi connectivity index (χ3v) is 2.21. The van der Waals surface area contributed by atoms with Crippen LogP contribution in [0.4, 0.5) is 12.9 Å². The molecule has 0 saturated carbocycles. The summed E-state index contributed by atoms with van der Waals surface area (Å²) in [7, 11) is 3.88. The highest BCUT2D eigenvalue weighted by Gasteiger charge is 2.24. The van der Waals surface area contributed by atoms with Gasteiger partial charge < -0.3 is 17.8 Å². The minimum absolute atomic E-state index is 0.524. The molecule has 0 saturated heterocycles. The predicted molar refractivity (Wildman–Crippen MR) is 57.4 cm³/mol. The molecule has 1 rings (SSSR count). The SMILES string of the molecule is CN(C)CCc1ccc([B-](F)(F)F)cc1. The molecular weight excluding hydrogens is 202 g/mol. The van der Waals surface area contributed by atoms with Crippen molar-refractivity contribution in [2.45, 2.75) is 6.42 Å². The van der Waals surface area contributed by atoms with Crippen molar-refractivity contribution < 1.29 is 12.9 Å². The Kier molecular flexibility index (Phi) is 3.80. The van der Waals surface area contributed by atoms with Crippen LogP contribution in [0.2, 0.25) is 0 Å². The number of halogens is 3. The maximum absolute atomic E-state index is 12.3. The normalized spacial score (nSPS) is 12.1. The molecule has 0 aromatic heterocycles. The lowest BCUT2D eigenvalue weighted by atomic mass is 9.80. The largest absolute Gasteiger partial charge is 0.509 e. The fraction of sp³-hybridized carbons (Fsp3) is 0.400. The molecule has 0 fully saturated rings. The van der Waals surface area contributed by atoms with Crippen LogP contribution in [0.1, 0.15) is 5.56 Å². The maximum Gasteiger partial charge on any atom is 0.509 e. The molecule has 0 aliphatic carbocycles. The molecule has 1 aromatic carbocycles. The quantitative estimate of drug-likeness (QED) is 0.694. The van der Waals surface area contributed by atoms with Gasteiger partial charge in [0, 0.05) is 6.54 Å². The van der Waals surface area contributed by atoms with Gasteiger partial charge in [0.15, 0.2) is 0 Å². The highest BCUT2D eigenvalue weighted by molar-refractivity contribution is 6.73. The molecule has 84 valence electrons. The van der Waals surface area contributed by atoms with Gasteiger partial charge in [0.1, 0.15) is 0 Å². The molecule has 15 heavy (non-hydrogen) atoms. The zero-order valence-corrected chi connectivity index (χ0v) is 8.88. The van der Waals surface area contributed by atoms with Crippen molar-refractivity contribution in [3.8, 4) is 0 Å². The van der Waals surface area contributed by atoms with E-state index >= 15 is 0 Å². The van der Waals surface area contributed by atoms with Gasteiger partial charge in [0.2, 0.25) is 0 Å². The van der Waals surface area contributed by atoms with Gasteiger partial charge in [-0.3, -0.25) is 0 Å². The van der Waals surface area contributed by atoms with Crippen LogP contribution < -0.4 is 5.46 Å². The summed E-state index contributed by atoms with van der Waals surface area (Å²) in [4.78, 5) is 2.00. The van der Waals surface area contributed by atoms with E-state index in [1.54, 1.807) is 12.1 Å². The molecule has 0 amide bonds. The summed E-state index contributed by atoms with van der Waals surface area (Å²) < 4.78 is 36.9. The van der Waals surface area contributed by atoms with Crippen molar-refractivity contribution in [1.29, 1.82) is 0 Å². The van der Waals surface area contributed by atoms with Gasteiger partial charge in [-0.05, 0) is 26.1 Å². The van der Waals surface area contributed by atoms with E-state index < -0.39 is 12.4 Å². The maximum atomic E-state index is 12.3. The van der Waals surface area contributed by atoms with E-state index in [-0.39, 0.29) is 0 Å². The van der Waals surface area contributed by atoms with E-state index in [9.17, 15) is 12.9 Å². The first-order chi connectivity index (χ1) is 6.89. The van der Waals surface area contributed by atoms with E-state index in [1.807, 2.05) is 19.0 Å². The van der Waals surface area contributed by atoms with Crippen molar-refractivity contribution in [2.75, 3.05) is 20.6 Å². The fourth-order valence-corrected chi connectivity index (χ4v) is 1.26. The van der Waals surface area contributed by atoms with Crippen LogP contribution in [0.3, 0.4) is 0 Å². The number of hydrogen-bond donors (Lipinski definition) is 0. The zero-order chi connectivity index (χ0) is 11.5. The van der Waals surface area contributed by atoms with Crippen molar-refractivity contribution >= 4 is 12.4 Å². The zero-order valence-electron chi connectivity index (χ0n) is 8.88. The minimum atomic E-state index is -4.85. The van der Waals surface area contributed by atoms with Crippen LogP contribution in [0, 0.1) is 0 Å². The average Bonchev–Trinajstić information content (AvgIpc) is 2.14. The highest BCUT2D eigenvalue weighted by Crippen LogP contribution is 2.09. The second-order valence-electron chi connectivity index (χ2n) is 3.87. The van der Waals surface area contributed by atoms with E-state index in [2.05, 4.69) is 0 Å². The van der Waals surface area contributed by atoms with Crippen molar-refractivity contribution in [3.63, 3.8) is 0 Å². The summed E-state index contributed by atoms with van der Waals surface area (Å²) in [5, 5.41) is 0. The molecule has 0 unspecified atom stereocenters. The van der Waals surface area contributed by atoms with Crippen molar-refractivity contribution in [1.82, 2.24) is 4.90 Å². The molecule has 1 aromatic rings. The summed E-state index contributed by atoms with van der Waals surface area (Å²) >= 11 is 0. The number of rotatable bonds is 4. The van der Waals surface area contributed by atoms with Gasteiger partial charge in [-0.1, -0.05) is 24.3 Å². The van der Waals surface area contributed by atoms with Gasteiger partial charge in [-0.25, -0.2) is 0 Å². The minimum Gasteiger partial charge on any atom is -0.445 e. The number of benzene rings is 1. The van der Waals surface area contributed by atoms with Gasteiger partial charge in [0.05, 0.1) is 0 Å². The van der Waals surface area contributed by atoms with Gasteiger partial charge in [-0.15, -0.1) is 5.46 Å². The molecule has 0 bridgehead atoms. The van der Waals surface area contributed by atoms with Gasteiger partial charge >= 0.3 is 6.98 Å². The van der Waals surface area contributed by atoms with Crippen LogP contribution in [0.25, 0.3) is 0 Å². The van der Waals surface area contributed by atoms with E-state index in [0.29, 0.717) is 0 Å². The third-order valence-electron chi connectivity index (χ3n) is 2.21. The van der Waals surface area contributed by atoms with Gasteiger partial charge in [-0.2, -0.15) is 0 Å². The molecule has 0 spiro atoms. The van der Waals surface area contributed by atoms with Gasteiger partial charge in [0.25, 0.3) is 0 Å². The summed E-state index contributed by atoms with van der Waals surface area (Å²) in [6.07, 6.45) is 0.776. The number of nitrogens with zero attached hydrogens (tertiary/aromatic N) is 1. The molecule has 0 heterocycles. The van der Waals surface area contributed by atoms with Crippen LogP contribution in [0.15, 0.2) is 24.3 Å². The lowest BCUT2D eigenvalue weighted by molar-refractivity contribution is 0.413. The van der Waals surface area contributed by atoms with Crippen molar-refractivity contribution in [2.24, 2.45) is 0 Å². The molecule has 0 aliphatic heterocycles. The lowest BCUT2D eigenvalue weighted by Gasteiger charge is -2.15. The third kappa shape index (κ3) is 3.95. The fourth-order valence-electron chi connectivity index (χ4n) is 1.26. The molecular formula is C10H14BF3N-. The number of hydrogen-bond acceptors (Lipinski definition) is 1. The number of likely N-dealkylation sites (N-methyl/N-ethyl adjacent to an activating group) is 1. The summed E-state index contributed by atoms with van der Waals surface area (Å²) in [6.45, 7) is -4.01. The molecule has 1 nitrogen and oxygen atoms in total. The topological polar surface area (TPSA) is 3.24 Å². The predicted octanol–water partition coefficient (Wildman–Crippen LogP) is 1.85. The second-order valence-corrected chi connectivity index (χ2v) is 3.87. The van der Waals surface area contributed by atoms with E-state index in [4.69, 9.17) is 0 Å². The Balaban J connectivity index is 2.65. The first kappa shape index (κ1) is 12.1. The molecule has 0 N–H and O–H groups in total. The van der Waals surface area contributed by atoms with Crippen molar-refractivity contribution in [3.05, 3.63) is 29.8 Å². The van der Waals surface area contributed by atoms with Crippen LogP contribution in [0.5, 0.6) is 0 Å². The monoisotopic (exact) mass is 216 g/mol. The highest BCUT2D eigenvalue weighted by atomic mass is 19.4. The molecule has 0 radical (unpaired) electrons. The Morgan fingerprint density at radius 1 is 1.07 bits per heavy atom. The van der Waals surface area contributed by atoms with Crippen LogP contribution in [-0.2, 0) is 6.42 Å². The smallest absolute Gasteiger partial charge is 0.445 e. The Labute approximate surface area is 88.0 Å². The summed E-state index contributed by atoms with van der Waals surface area (Å²) in [6, 6.07) is 5.41. The first-order valence-corrected chi connectivity index (χ1v) is 4.83. The summed E-state index contributed by atoms with van der Waals surface area (Å²) in [5.41, 5.74) is 0.413. The Bertz CT molecular complexity index is 305. The van der Waals surface area contributed by atoms with E-state index in [1.165, 1.54) is 0 Å². The van der Waals surface area contributed by atoms with Crippen LogP contribution in [-0.4, -0.2) is 32.5 Å². The average molecular weight is 216 g/mol.